The van der Waals surface area contributed by atoms with Gasteiger partial charge in [-0.1, -0.05) is 0 Å². The largest absolute Gasteiger partial charge is 0.488 e. The number of benzene rings is 1. The number of nitro benzene ring substituents is 1. The third-order valence-corrected chi connectivity index (χ3v) is 2.36. The molecule has 0 spiro atoms. The predicted molar refractivity (Wildman–Crippen MR) is 70.2 cm³/mol. The molecule has 0 atom stereocenters. The van der Waals surface area contributed by atoms with Crippen molar-refractivity contribution in [3.8, 4) is 17.6 Å². The van der Waals surface area contributed by atoms with Crippen LogP contribution in [0.1, 0.15) is 5.56 Å². The molecule has 102 valence electrons. The van der Waals surface area contributed by atoms with Gasteiger partial charge in [-0.2, -0.15) is 5.26 Å². The maximum absolute atomic E-state index is 10.8. The lowest BCUT2D eigenvalue weighted by molar-refractivity contribution is -0.385. The lowest BCUT2D eigenvalue weighted by atomic mass is 10.1. The monoisotopic (exact) mass is 304 g/mol. The Hall–Kier alpha value is -1.71. The van der Waals surface area contributed by atoms with Gasteiger partial charge in [-0.3, -0.25) is 10.1 Å². The molecule has 0 fully saturated rings. The van der Waals surface area contributed by atoms with Gasteiger partial charge in [0.05, 0.1) is 22.7 Å². The molecule has 1 rings (SSSR count). The van der Waals surface area contributed by atoms with Crippen LogP contribution in [0.25, 0.3) is 0 Å². The Labute approximate surface area is 119 Å². The summed E-state index contributed by atoms with van der Waals surface area (Å²) in [7, 11) is 0. The van der Waals surface area contributed by atoms with Crippen molar-refractivity contribution < 1.29 is 14.4 Å². The smallest absolute Gasteiger partial charge is 0.291 e. The van der Waals surface area contributed by atoms with Gasteiger partial charge in [-0.25, -0.2) is 0 Å². The Morgan fingerprint density at radius 2 is 1.74 bits per heavy atom. The first-order chi connectivity index (χ1) is 9.13. The van der Waals surface area contributed by atoms with Crippen LogP contribution >= 0.6 is 23.2 Å². The van der Waals surface area contributed by atoms with Crippen molar-refractivity contribution in [1.29, 1.82) is 5.26 Å². The lowest BCUT2D eigenvalue weighted by Gasteiger charge is -2.11. The third-order valence-electron chi connectivity index (χ3n) is 2.05. The predicted octanol–water partition coefficient (Wildman–Crippen LogP) is 2.70. The SMILES string of the molecule is N#Cc1cc(OCCCl)c(OCCCl)cc1[N+](=O)[O-]. The van der Waals surface area contributed by atoms with Crippen molar-refractivity contribution in [2.45, 2.75) is 0 Å². The van der Waals surface area contributed by atoms with Crippen LogP contribution in [0, 0.1) is 21.4 Å². The van der Waals surface area contributed by atoms with Crippen molar-refractivity contribution in [2.75, 3.05) is 25.0 Å². The highest BCUT2D eigenvalue weighted by Crippen LogP contribution is 2.34. The normalized spacial score (nSPS) is 9.74. The molecule has 6 nitrogen and oxygen atoms in total. The van der Waals surface area contributed by atoms with Gasteiger partial charge in [0.2, 0.25) is 0 Å². The van der Waals surface area contributed by atoms with E-state index in [-0.39, 0.29) is 47.7 Å². The Balaban J connectivity index is 3.19. The van der Waals surface area contributed by atoms with E-state index in [9.17, 15) is 10.1 Å². The van der Waals surface area contributed by atoms with Gasteiger partial charge in [-0.15, -0.1) is 23.2 Å². The quantitative estimate of drug-likeness (QED) is 0.439. The van der Waals surface area contributed by atoms with Gasteiger partial charge >= 0.3 is 0 Å². The average Bonchev–Trinajstić information content (AvgIpc) is 2.42. The first-order valence-electron chi connectivity index (χ1n) is 5.24. The summed E-state index contributed by atoms with van der Waals surface area (Å²) in [6, 6.07) is 4.15. The molecule has 0 saturated heterocycles. The molecule has 8 heteroatoms. The molecule has 19 heavy (non-hydrogen) atoms. The fourth-order valence-corrected chi connectivity index (χ4v) is 1.47. The summed E-state index contributed by atoms with van der Waals surface area (Å²) in [6.07, 6.45) is 0. The zero-order chi connectivity index (χ0) is 14.3. The Morgan fingerprint density at radius 1 is 1.21 bits per heavy atom. The lowest BCUT2D eigenvalue weighted by Crippen LogP contribution is -2.05. The summed E-state index contributed by atoms with van der Waals surface area (Å²) in [4.78, 5) is 10.2. The van der Waals surface area contributed by atoms with Crippen molar-refractivity contribution in [3.05, 3.63) is 27.8 Å². The van der Waals surface area contributed by atoms with Crippen LogP contribution in [0.15, 0.2) is 12.1 Å². The zero-order valence-electron chi connectivity index (χ0n) is 9.77. The van der Waals surface area contributed by atoms with Crippen LogP contribution in [-0.4, -0.2) is 29.9 Å². The van der Waals surface area contributed by atoms with E-state index in [4.69, 9.17) is 37.9 Å². The summed E-state index contributed by atoms with van der Waals surface area (Å²) in [5.74, 6) is 0.862. The number of hydrogen-bond acceptors (Lipinski definition) is 5. The van der Waals surface area contributed by atoms with Crippen LogP contribution in [0.5, 0.6) is 11.5 Å². The number of nitro groups is 1. The number of halogens is 2. The second-order valence-corrected chi connectivity index (χ2v) is 4.02. The molecule has 0 aromatic heterocycles. The summed E-state index contributed by atoms with van der Waals surface area (Å²) >= 11 is 11.0. The molecule has 0 aliphatic rings. The van der Waals surface area contributed by atoms with Gasteiger partial charge in [-0.05, 0) is 0 Å². The van der Waals surface area contributed by atoms with Gasteiger partial charge in [0, 0.05) is 6.07 Å². The van der Waals surface area contributed by atoms with E-state index in [0.29, 0.717) is 0 Å². The van der Waals surface area contributed by atoms with Crippen LogP contribution in [0.4, 0.5) is 5.69 Å². The second kappa shape index (κ2) is 7.67. The minimum absolute atomic E-state index is 0.104. The number of ether oxygens (including phenoxy) is 2. The topological polar surface area (TPSA) is 85.4 Å². The van der Waals surface area contributed by atoms with Gasteiger partial charge in [0.15, 0.2) is 11.5 Å². The molecule has 0 unspecified atom stereocenters. The standard InChI is InChI=1S/C11H10Cl2N2O4/c12-1-3-18-10-5-8(7-14)9(15(16)17)6-11(10)19-4-2-13/h5-6H,1-4H2. The first-order valence-corrected chi connectivity index (χ1v) is 6.31. The highest BCUT2D eigenvalue weighted by Gasteiger charge is 2.20. The van der Waals surface area contributed by atoms with E-state index in [1.54, 1.807) is 6.07 Å². The maximum atomic E-state index is 10.8. The number of rotatable bonds is 7. The number of nitriles is 1. The second-order valence-electron chi connectivity index (χ2n) is 3.26. The zero-order valence-corrected chi connectivity index (χ0v) is 11.3. The Morgan fingerprint density at radius 3 is 2.16 bits per heavy atom. The molecule has 0 amide bonds. The van der Waals surface area contributed by atoms with E-state index in [0.717, 1.165) is 6.07 Å². The van der Waals surface area contributed by atoms with E-state index in [2.05, 4.69) is 0 Å². The Kier molecular flexibility index (Phi) is 6.19. The molecule has 0 aliphatic carbocycles. The first kappa shape index (κ1) is 15.3. The summed E-state index contributed by atoms with van der Waals surface area (Å²) < 4.78 is 10.5. The molecule has 0 bridgehead atoms. The molecular weight excluding hydrogens is 295 g/mol. The number of nitrogens with zero attached hydrogens (tertiary/aromatic N) is 2. The molecule has 0 heterocycles. The number of alkyl halides is 2. The highest BCUT2D eigenvalue weighted by atomic mass is 35.5. The molecule has 0 aliphatic heterocycles. The third kappa shape index (κ3) is 4.16. The Bertz CT molecular complexity index is 502. The fourth-order valence-electron chi connectivity index (χ4n) is 1.31. The van der Waals surface area contributed by atoms with Crippen molar-refractivity contribution in [3.63, 3.8) is 0 Å². The summed E-state index contributed by atoms with van der Waals surface area (Å²) in [5, 5.41) is 19.7. The maximum Gasteiger partial charge on any atom is 0.291 e. The van der Waals surface area contributed by atoms with E-state index in [1.165, 1.54) is 6.07 Å². The van der Waals surface area contributed by atoms with Gasteiger partial charge in [0.25, 0.3) is 5.69 Å². The minimum atomic E-state index is -0.655. The summed E-state index contributed by atoms with van der Waals surface area (Å²) in [6.45, 7) is 0.364. The van der Waals surface area contributed by atoms with Gasteiger partial charge in [0.1, 0.15) is 24.8 Å². The van der Waals surface area contributed by atoms with Crippen LogP contribution in [0.3, 0.4) is 0 Å². The van der Waals surface area contributed by atoms with Crippen LogP contribution in [0.2, 0.25) is 0 Å². The van der Waals surface area contributed by atoms with Crippen molar-refractivity contribution in [1.82, 2.24) is 0 Å². The molecule has 0 N–H and O–H groups in total. The van der Waals surface area contributed by atoms with Gasteiger partial charge < -0.3 is 9.47 Å². The minimum Gasteiger partial charge on any atom is -0.488 e. The fraction of sp³-hybridized carbons (Fsp3) is 0.364. The van der Waals surface area contributed by atoms with Crippen molar-refractivity contribution >= 4 is 28.9 Å². The van der Waals surface area contributed by atoms with Crippen LogP contribution < -0.4 is 9.47 Å². The molecule has 0 radical (unpaired) electrons. The van der Waals surface area contributed by atoms with Crippen LogP contribution in [-0.2, 0) is 0 Å². The van der Waals surface area contributed by atoms with E-state index in [1.807, 2.05) is 0 Å². The molecule has 1 aromatic rings. The molecule has 0 saturated carbocycles. The molecule has 1 aromatic carbocycles. The highest BCUT2D eigenvalue weighted by molar-refractivity contribution is 6.18. The van der Waals surface area contributed by atoms with Crippen molar-refractivity contribution in [2.24, 2.45) is 0 Å². The average molecular weight is 305 g/mol. The van der Waals surface area contributed by atoms with E-state index < -0.39 is 4.92 Å². The van der Waals surface area contributed by atoms with E-state index >= 15 is 0 Å². The summed E-state index contributed by atoms with van der Waals surface area (Å²) in [5.41, 5.74) is -0.446. The molecular formula is C11H10Cl2N2O4. The number of hydrogen-bond donors (Lipinski definition) is 0.